The zero-order chi connectivity index (χ0) is 22.3. The second-order valence-corrected chi connectivity index (χ2v) is 7.57. The highest BCUT2D eigenvalue weighted by molar-refractivity contribution is 7.89. The van der Waals surface area contributed by atoms with Crippen molar-refractivity contribution in [3.63, 3.8) is 0 Å². The molecule has 12 heteroatoms. The van der Waals surface area contributed by atoms with Gasteiger partial charge in [-0.05, 0) is 36.2 Å². The van der Waals surface area contributed by atoms with E-state index in [1.165, 1.54) is 31.4 Å². The van der Waals surface area contributed by atoms with Gasteiger partial charge in [0.05, 0.1) is 22.5 Å². The van der Waals surface area contributed by atoms with E-state index in [0.717, 1.165) is 11.6 Å². The van der Waals surface area contributed by atoms with Gasteiger partial charge in [0.15, 0.2) is 12.4 Å². The van der Waals surface area contributed by atoms with Gasteiger partial charge < -0.3 is 14.8 Å². The fourth-order valence-corrected chi connectivity index (χ4v) is 2.93. The molecule has 2 aromatic carbocycles. The van der Waals surface area contributed by atoms with Crippen LogP contribution in [0.25, 0.3) is 0 Å². The molecule has 0 radical (unpaired) electrons. The van der Waals surface area contributed by atoms with E-state index in [-0.39, 0.29) is 22.8 Å². The molecule has 160 valence electrons. The topological polar surface area (TPSA) is 168 Å². The lowest BCUT2D eigenvalue weighted by Gasteiger charge is -2.08. The first-order valence-corrected chi connectivity index (χ1v) is 10.0. The zero-order valence-electron chi connectivity index (χ0n) is 15.9. The number of amides is 1. The summed E-state index contributed by atoms with van der Waals surface area (Å²) in [5.41, 5.74) is 0.278. The van der Waals surface area contributed by atoms with Crippen molar-refractivity contribution in [2.75, 3.05) is 20.3 Å². The third-order valence-electron chi connectivity index (χ3n) is 3.93. The molecule has 0 saturated carbocycles. The molecule has 0 unspecified atom stereocenters. The van der Waals surface area contributed by atoms with E-state index < -0.39 is 39.1 Å². The van der Waals surface area contributed by atoms with E-state index in [0.29, 0.717) is 6.42 Å². The van der Waals surface area contributed by atoms with Crippen LogP contribution in [0.3, 0.4) is 0 Å². The Morgan fingerprint density at radius 1 is 1.17 bits per heavy atom. The molecule has 0 spiro atoms. The maximum Gasteiger partial charge on any atom is 0.338 e. The average Bonchev–Trinajstić information content (AvgIpc) is 2.71. The van der Waals surface area contributed by atoms with Crippen LogP contribution in [-0.4, -0.2) is 45.5 Å². The molecule has 0 heterocycles. The summed E-state index contributed by atoms with van der Waals surface area (Å²) in [4.78, 5) is 34.1. The highest BCUT2D eigenvalue weighted by atomic mass is 32.2. The normalized spacial score (nSPS) is 10.9. The van der Waals surface area contributed by atoms with Gasteiger partial charge >= 0.3 is 11.7 Å². The Kier molecular flexibility index (Phi) is 7.44. The molecule has 30 heavy (non-hydrogen) atoms. The molecule has 0 aliphatic carbocycles. The number of nitrogens with two attached hydrogens (primary N) is 1. The summed E-state index contributed by atoms with van der Waals surface area (Å²) in [5, 5.41) is 18.6. The summed E-state index contributed by atoms with van der Waals surface area (Å²) in [6, 6.07) is 9.42. The number of ether oxygens (including phenoxy) is 2. The molecule has 0 aromatic heterocycles. The predicted molar refractivity (Wildman–Crippen MR) is 104 cm³/mol. The van der Waals surface area contributed by atoms with Crippen LogP contribution >= 0.6 is 0 Å². The molecule has 0 bridgehead atoms. The number of primary sulfonamides is 1. The number of benzene rings is 2. The molecule has 0 atom stereocenters. The van der Waals surface area contributed by atoms with Crippen molar-refractivity contribution in [3.05, 3.63) is 63.7 Å². The number of hydrogen-bond donors (Lipinski definition) is 2. The van der Waals surface area contributed by atoms with Gasteiger partial charge in [-0.2, -0.15) is 0 Å². The van der Waals surface area contributed by atoms with Crippen molar-refractivity contribution in [1.29, 1.82) is 0 Å². The van der Waals surface area contributed by atoms with Crippen molar-refractivity contribution >= 4 is 27.6 Å². The number of esters is 1. The van der Waals surface area contributed by atoms with Crippen LogP contribution in [0.2, 0.25) is 0 Å². The molecule has 0 aliphatic heterocycles. The minimum atomic E-state index is -3.77. The standard InChI is InChI=1S/C18H19N3O8S/c1-28-16-7-4-13(10-15(16)21(24)25)18(23)29-11-17(22)20-9-8-12-2-5-14(6-3-12)30(19,26)27/h2-7,10H,8-9,11H2,1H3,(H,20,22)(H2,19,26,27). The fraction of sp³-hybridized carbons (Fsp3) is 0.222. The smallest absolute Gasteiger partial charge is 0.338 e. The van der Waals surface area contributed by atoms with Crippen LogP contribution in [0, 0.1) is 10.1 Å². The summed E-state index contributed by atoms with van der Waals surface area (Å²) in [7, 11) is -2.50. The van der Waals surface area contributed by atoms with Gasteiger partial charge in [0.2, 0.25) is 10.0 Å². The SMILES string of the molecule is COc1ccc(C(=O)OCC(=O)NCCc2ccc(S(N)(=O)=O)cc2)cc1[N+](=O)[O-]. The Balaban J connectivity index is 1.82. The molecule has 0 fully saturated rings. The van der Waals surface area contributed by atoms with Crippen molar-refractivity contribution in [1.82, 2.24) is 5.32 Å². The molecular weight excluding hydrogens is 418 g/mol. The van der Waals surface area contributed by atoms with E-state index in [1.807, 2.05) is 0 Å². The summed E-state index contributed by atoms with van der Waals surface area (Å²) >= 11 is 0. The van der Waals surface area contributed by atoms with E-state index in [1.54, 1.807) is 12.1 Å². The summed E-state index contributed by atoms with van der Waals surface area (Å²) in [5.74, 6) is -1.46. The minimum absolute atomic E-state index is 0.00797. The number of nitrogens with one attached hydrogen (secondary N) is 1. The number of carbonyl (C=O) groups is 2. The van der Waals surface area contributed by atoms with Gasteiger partial charge in [-0.15, -0.1) is 0 Å². The second-order valence-electron chi connectivity index (χ2n) is 6.01. The third kappa shape index (κ3) is 6.25. The molecule has 2 aromatic rings. The number of rotatable bonds is 9. The Morgan fingerprint density at radius 2 is 1.83 bits per heavy atom. The van der Waals surface area contributed by atoms with Gasteiger partial charge in [0, 0.05) is 12.6 Å². The van der Waals surface area contributed by atoms with Crippen LogP contribution in [-0.2, 0) is 26.0 Å². The van der Waals surface area contributed by atoms with Crippen LogP contribution in [0.5, 0.6) is 5.75 Å². The average molecular weight is 437 g/mol. The van der Waals surface area contributed by atoms with Gasteiger partial charge in [0.1, 0.15) is 0 Å². The molecular formula is C18H19N3O8S. The number of nitro groups is 1. The predicted octanol–water partition coefficient (Wildman–Crippen LogP) is 0.767. The first kappa shape index (κ1) is 22.8. The Labute approximate surface area is 172 Å². The van der Waals surface area contributed by atoms with Gasteiger partial charge in [-0.25, -0.2) is 18.4 Å². The van der Waals surface area contributed by atoms with Gasteiger partial charge in [0.25, 0.3) is 5.91 Å². The zero-order valence-corrected chi connectivity index (χ0v) is 16.7. The lowest BCUT2D eigenvalue weighted by Crippen LogP contribution is -2.30. The first-order chi connectivity index (χ1) is 14.1. The maximum atomic E-state index is 12.0. The Bertz CT molecular complexity index is 1050. The monoisotopic (exact) mass is 437 g/mol. The first-order valence-electron chi connectivity index (χ1n) is 8.50. The summed E-state index contributed by atoms with van der Waals surface area (Å²) in [6.07, 6.45) is 0.412. The molecule has 0 aliphatic rings. The number of nitrogens with zero attached hydrogens (tertiary/aromatic N) is 1. The van der Waals surface area contributed by atoms with E-state index in [9.17, 15) is 28.1 Å². The van der Waals surface area contributed by atoms with Gasteiger partial charge in [-0.1, -0.05) is 12.1 Å². The van der Waals surface area contributed by atoms with Crippen molar-refractivity contribution < 1.29 is 32.4 Å². The van der Waals surface area contributed by atoms with Gasteiger partial charge in [-0.3, -0.25) is 14.9 Å². The number of methoxy groups -OCH3 is 1. The van der Waals surface area contributed by atoms with Crippen LogP contribution in [0.4, 0.5) is 5.69 Å². The molecule has 11 nitrogen and oxygen atoms in total. The Hall–Kier alpha value is -3.51. The molecule has 3 N–H and O–H groups in total. The molecule has 2 rings (SSSR count). The largest absolute Gasteiger partial charge is 0.490 e. The fourth-order valence-electron chi connectivity index (χ4n) is 2.42. The lowest BCUT2D eigenvalue weighted by molar-refractivity contribution is -0.385. The van der Waals surface area contributed by atoms with Crippen molar-refractivity contribution in [2.24, 2.45) is 5.14 Å². The minimum Gasteiger partial charge on any atom is -0.490 e. The van der Waals surface area contributed by atoms with Crippen molar-refractivity contribution in [2.45, 2.75) is 11.3 Å². The lowest BCUT2D eigenvalue weighted by atomic mass is 10.1. The van der Waals surface area contributed by atoms with E-state index in [4.69, 9.17) is 14.6 Å². The number of nitro benzene ring substituents is 1. The van der Waals surface area contributed by atoms with Crippen LogP contribution < -0.4 is 15.2 Å². The van der Waals surface area contributed by atoms with E-state index >= 15 is 0 Å². The summed E-state index contributed by atoms with van der Waals surface area (Å²) in [6.45, 7) is -0.345. The number of carbonyl (C=O) groups excluding carboxylic acids is 2. The van der Waals surface area contributed by atoms with E-state index in [2.05, 4.69) is 5.32 Å². The highest BCUT2D eigenvalue weighted by Crippen LogP contribution is 2.27. The summed E-state index contributed by atoms with van der Waals surface area (Å²) < 4.78 is 32.1. The van der Waals surface area contributed by atoms with Crippen molar-refractivity contribution in [3.8, 4) is 5.75 Å². The quantitative estimate of drug-likeness (QED) is 0.329. The maximum absolute atomic E-state index is 12.0. The highest BCUT2D eigenvalue weighted by Gasteiger charge is 2.19. The number of sulfonamides is 1. The Morgan fingerprint density at radius 3 is 2.40 bits per heavy atom. The molecule has 1 amide bonds. The third-order valence-corrected chi connectivity index (χ3v) is 4.86. The molecule has 0 saturated heterocycles. The number of hydrogen-bond acceptors (Lipinski definition) is 8. The van der Waals surface area contributed by atoms with Crippen LogP contribution in [0.1, 0.15) is 15.9 Å². The van der Waals surface area contributed by atoms with Crippen LogP contribution in [0.15, 0.2) is 47.4 Å². The second kappa shape index (κ2) is 9.80.